The Morgan fingerprint density at radius 3 is 2.65 bits per heavy atom. The van der Waals surface area contributed by atoms with E-state index in [1.54, 1.807) is 16.9 Å². The summed E-state index contributed by atoms with van der Waals surface area (Å²) in [6.45, 7) is 13.8. The molecule has 6 bridgehead atoms. The molecule has 4 aromatic rings. The summed E-state index contributed by atoms with van der Waals surface area (Å²) in [5, 5.41) is 15.5. The van der Waals surface area contributed by atoms with Crippen LogP contribution in [0.1, 0.15) is 64.8 Å². The zero-order valence-corrected chi connectivity index (χ0v) is 27.4. The normalized spacial score (nSPS) is 21.2. The number of carboxylic acid groups (broad SMARTS) is 1. The Labute approximate surface area is 269 Å². The lowest BCUT2D eigenvalue weighted by Crippen LogP contribution is -2.46. The SMILES string of the molecule is Cc1nc2cc3nn2c(c1[C@H](OC(C)(C)C)C(=O)O)N1CCC(C)(CC1)OCCN=C[C@H](C)Oc1ccncc1-c1cccc-3c1. The second-order valence-electron chi connectivity index (χ2n) is 13.3. The molecule has 2 atom stereocenters. The van der Waals surface area contributed by atoms with E-state index >= 15 is 0 Å². The molecular weight excluding hydrogens is 584 g/mol. The molecule has 0 radical (unpaired) electrons. The van der Waals surface area contributed by atoms with Gasteiger partial charge in [0, 0.05) is 54.6 Å². The number of anilines is 1. The van der Waals surface area contributed by atoms with Crippen LogP contribution in [0.4, 0.5) is 5.82 Å². The number of ether oxygens (including phenoxy) is 3. The number of benzene rings is 1. The summed E-state index contributed by atoms with van der Waals surface area (Å²) in [4.78, 5) is 28.8. The van der Waals surface area contributed by atoms with Crippen LogP contribution >= 0.6 is 0 Å². The second kappa shape index (κ2) is 12.4. The molecular formula is C35H42N6O5. The van der Waals surface area contributed by atoms with Gasteiger partial charge in [0.2, 0.25) is 0 Å². The molecule has 6 heterocycles. The highest BCUT2D eigenvalue weighted by Crippen LogP contribution is 2.39. The highest BCUT2D eigenvalue weighted by Gasteiger charge is 2.38. The Hall–Kier alpha value is -4.35. The van der Waals surface area contributed by atoms with Crippen molar-refractivity contribution >= 4 is 23.6 Å². The van der Waals surface area contributed by atoms with Gasteiger partial charge in [0.25, 0.3) is 0 Å². The summed E-state index contributed by atoms with van der Waals surface area (Å²) in [6.07, 6.45) is 5.34. The maximum absolute atomic E-state index is 12.8. The monoisotopic (exact) mass is 626 g/mol. The van der Waals surface area contributed by atoms with Crippen LogP contribution < -0.4 is 9.64 Å². The Morgan fingerprint density at radius 1 is 1.15 bits per heavy atom. The molecule has 7 rings (SSSR count). The van der Waals surface area contributed by atoms with Crippen molar-refractivity contribution in [1.29, 1.82) is 0 Å². The number of hydrogen-bond acceptors (Lipinski definition) is 9. The van der Waals surface area contributed by atoms with Gasteiger partial charge in [-0.1, -0.05) is 18.2 Å². The van der Waals surface area contributed by atoms with Crippen LogP contribution in [-0.4, -0.2) is 80.4 Å². The smallest absolute Gasteiger partial charge is 0.337 e. The fraction of sp³-hybridized carbons (Fsp3) is 0.457. The third kappa shape index (κ3) is 6.61. The Kier molecular flexibility index (Phi) is 8.56. The first kappa shape index (κ1) is 31.6. The summed E-state index contributed by atoms with van der Waals surface area (Å²) >= 11 is 0. The van der Waals surface area contributed by atoms with E-state index in [0.717, 1.165) is 29.5 Å². The summed E-state index contributed by atoms with van der Waals surface area (Å²) < 4.78 is 20.6. The highest BCUT2D eigenvalue weighted by atomic mass is 16.5. The van der Waals surface area contributed by atoms with Gasteiger partial charge in [-0.05, 0) is 72.1 Å². The number of carbonyl (C=O) groups is 1. The molecule has 1 N–H and O–H groups in total. The third-order valence-electron chi connectivity index (χ3n) is 8.43. The van der Waals surface area contributed by atoms with Gasteiger partial charge < -0.3 is 24.2 Å². The maximum Gasteiger partial charge on any atom is 0.337 e. The molecule has 3 aliphatic rings. The Balaban J connectivity index is 1.54. The lowest BCUT2D eigenvalue weighted by atomic mass is 9.92. The summed E-state index contributed by atoms with van der Waals surface area (Å²) in [5.74, 6) is 0.309. The van der Waals surface area contributed by atoms with Gasteiger partial charge in [-0.25, -0.2) is 9.78 Å². The van der Waals surface area contributed by atoms with Gasteiger partial charge in [-0.3, -0.25) is 9.98 Å². The molecule has 242 valence electrons. The molecule has 0 aliphatic carbocycles. The van der Waals surface area contributed by atoms with E-state index in [1.165, 1.54) is 0 Å². The number of carboxylic acids is 1. The minimum Gasteiger partial charge on any atom is -0.484 e. The molecule has 0 amide bonds. The van der Waals surface area contributed by atoms with Gasteiger partial charge in [-0.15, -0.1) is 0 Å². The number of aliphatic imine (C=N–C) groups is 1. The van der Waals surface area contributed by atoms with Crippen LogP contribution in [0.25, 0.3) is 28.0 Å². The van der Waals surface area contributed by atoms with Crippen molar-refractivity contribution in [3.63, 3.8) is 0 Å². The van der Waals surface area contributed by atoms with Gasteiger partial charge in [0.15, 0.2) is 11.8 Å². The first-order chi connectivity index (χ1) is 21.9. The van der Waals surface area contributed by atoms with Crippen molar-refractivity contribution in [1.82, 2.24) is 19.6 Å². The van der Waals surface area contributed by atoms with Crippen molar-refractivity contribution in [2.24, 2.45) is 4.99 Å². The quantitative estimate of drug-likeness (QED) is 0.275. The molecule has 11 heteroatoms. The number of pyridine rings is 1. The second-order valence-corrected chi connectivity index (χ2v) is 13.3. The van der Waals surface area contributed by atoms with Crippen molar-refractivity contribution < 1.29 is 24.1 Å². The number of aromatic nitrogens is 4. The van der Waals surface area contributed by atoms with Crippen LogP contribution in [0, 0.1) is 6.92 Å². The number of rotatable bonds is 3. The summed E-state index contributed by atoms with van der Waals surface area (Å²) in [5.41, 5.74) is 4.04. The zero-order valence-electron chi connectivity index (χ0n) is 27.4. The lowest BCUT2D eigenvalue weighted by molar-refractivity contribution is -0.160. The minimum atomic E-state index is -1.23. The number of piperidine rings is 1. The van der Waals surface area contributed by atoms with E-state index in [-0.39, 0.29) is 11.7 Å². The number of hydrogen-bond donors (Lipinski definition) is 1. The van der Waals surface area contributed by atoms with Crippen molar-refractivity contribution in [2.75, 3.05) is 31.1 Å². The van der Waals surface area contributed by atoms with E-state index in [1.807, 2.05) is 71.2 Å². The lowest BCUT2D eigenvalue weighted by Gasteiger charge is -2.41. The standard InChI is InChI=1S/C35H42N6O5/c1-22-20-37-14-17-44-35(6)11-15-40(16-12-35)32-30(31(33(42)43)46-34(3,4)5)23(2)38-29-19-27(39-41(29)32)25-9-7-8-24(18-25)26-21-36-13-10-28(26)45-22/h7-10,13,18-22,31H,11-12,14-17H2,1-6H3,(H,42,43)/t22-,31-/m0/s1. The third-order valence-corrected chi connectivity index (χ3v) is 8.43. The zero-order chi connectivity index (χ0) is 32.6. The van der Waals surface area contributed by atoms with Crippen LogP contribution in [0.5, 0.6) is 5.75 Å². The van der Waals surface area contributed by atoms with E-state index in [2.05, 4.69) is 27.9 Å². The number of fused-ring (bicyclic) bond motifs is 7. The van der Waals surface area contributed by atoms with Gasteiger partial charge in [0.1, 0.15) is 17.7 Å². The number of nitrogens with zero attached hydrogens (tertiary/aromatic N) is 6. The predicted molar refractivity (Wildman–Crippen MR) is 177 cm³/mol. The van der Waals surface area contributed by atoms with E-state index in [4.69, 9.17) is 24.3 Å². The molecule has 46 heavy (non-hydrogen) atoms. The molecule has 1 saturated heterocycles. The fourth-order valence-electron chi connectivity index (χ4n) is 6.14. The van der Waals surface area contributed by atoms with Crippen LogP contribution in [0.15, 0.2) is 53.8 Å². The average molecular weight is 627 g/mol. The molecule has 0 spiro atoms. The van der Waals surface area contributed by atoms with Crippen molar-refractivity contribution in [3.8, 4) is 28.1 Å². The van der Waals surface area contributed by atoms with Crippen LogP contribution in [0.2, 0.25) is 0 Å². The summed E-state index contributed by atoms with van der Waals surface area (Å²) in [6, 6.07) is 11.9. The van der Waals surface area contributed by atoms with Gasteiger partial charge in [0.05, 0.1) is 35.6 Å². The van der Waals surface area contributed by atoms with Crippen LogP contribution in [0.3, 0.4) is 0 Å². The maximum atomic E-state index is 12.8. The van der Waals surface area contributed by atoms with Crippen molar-refractivity contribution in [2.45, 2.75) is 77.8 Å². The number of aliphatic carboxylic acids is 1. The van der Waals surface area contributed by atoms with E-state index < -0.39 is 17.7 Å². The highest BCUT2D eigenvalue weighted by molar-refractivity contribution is 5.80. The first-order valence-corrected chi connectivity index (χ1v) is 15.8. The first-order valence-electron chi connectivity index (χ1n) is 15.8. The topological polar surface area (TPSA) is 124 Å². The van der Waals surface area contributed by atoms with Crippen LogP contribution in [-0.2, 0) is 14.3 Å². The molecule has 0 unspecified atom stereocenters. The molecule has 3 aliphatic heterocycles. The fourth-order valence-corrected chi connectivity index (χ4v) is 6.14. The molecule has 1 aromatic carbocycles. The van der Waals surface area contributed by atoms with E-state index in [9.17, 15) is 9.90 Å². The number of aryl methyl sites for hydroxylation is 1. The molecule has 11 nitrogen and oxygen atoms in total. The Bertz CT molecular complexity index is 1770. The Morgan fingerprint density at radius 2 is 1.91 bits per heavy atom. The van der Waals surface area contributed by atoms with E-state index in [0.29, 0.717) is 60.4 Å². The van der Waals surface area contributed by atoms with Gasteiger partial charge in [-0.2, -0.15) is 9.61 Å². The molecule has 0 saturated carbocycles. The molecule has 3 aromatic heterocycles. The van der Waals surface area contributed by atoms with Crippen molar-refractivity contribution in [3.05, 3.63) is 60.0 Å². The summed E-state index contributed by atoms with van der Waals surface area (Å²) in [7, 11) is 0. The largest absolute Gasteiger partial charge is 0.484 e. The average Bonchev–Trinajstić information content (AvgIpc) is 3.43. The minimum absolute atomic E-state index is 0.244. The predicted octanol–water partition coefficient (Wildman–Crippen LogP) is 5.93. The van der Waals surface area contributed by atoms with Gasteiger partial charge >= 0.3 is 5.97 Å². The molecule has 1 fully saturated rings.